The highest BCUT2D eigenvalue weighted by atomic mass is 35.5. The maximum atomic E-state index is 13.0. The van der Waals surface area contributed by atoms with Gasteiger partial charge in [0.15, 0.2) is 11.5 Å². The third kappa shape index (κ3) is 6.47. The topological polar surface area (TPSA) is 67.8 Å². The molecule has 0 radical (unpaired) electrons. The molecule has 0 bridgehead atoms. The summed E-state index contributed by atoms with van der Waals surface area (Å²) < 4.78 is 24.2. The van der Waals surface area contributed by atoms with E-state index >= 15 is 0 Å². The van der Waals surface area contributed by atoms with Gasteiger partial charge in [0, 0.05) is 13.1 Å². The first kappa shape index (κ1) is 23.2. The molecule has 3 rings (SSSR count). The van der Waals surface area contributed by atoms with E-state index in [9.17, 15) is 9.18 Å². The minimum atomic E-state index is -0.932. The van der Waals surface area contributed by atoms with Crippen LogP contribution in [0.1, 0.15) is 27.0 Å². The van der Waals surface area contributed by atoms with Gasteiger partial charge in [-0.25, -0.2) is 9.18 Å². The zero-order chi connectivity index (χ0) is 20.6. The maximum Gasteiger partial charge on any atom is 0.335 e. The van der Waals surface area contributed by atoms with Crippen LogP contribution in [0.4, 0.5) is 4.39 Å². The summed E-state index contributed by atoms with van der Waals surface area (Å²) in [5.74, 6) is 0.0291. The van der Waals surface area contributed by atoms with Crippen LogP contribution in [0, 0.1) is 5.82 Å². The minimum absolute atomic E-state index is 0. The minimum Gasteiger partial charge on any atom is -1.00 e. The molecule has 0 atom stereocenters. The molecule has 0 aliphatic heterocycles. The molecule has 7 heteroatoms. The fourth-order valence-corrected chi connectivity index (χ4v) is 2.80. The Morgan fingerprint density at radius 1 is 0.900 bits per heavy atom. The highest BCUT2D eigenvalue weighted by Gasteiger charge is 2.07. The van der Waals surface area contributed by atoms with Crippen molar-refractivity contribution in [1.29, 1.82) is 0 Å². The molecule has 0 aliphatic carbocycles. The number of rotatable bonds is 9. The number of nitrogens with one attached hydrogen (secondary N) is 1. The number of carboxylic acids is 1. The SMILES string of the molecule is COc1cc(CNCc2ccc(C(=O)O)cc2)ccc1OCc1ccc(F)cc1.[Cl-]. The second-order valence-corrected chi connectivity index (χ2v) is 6.51. The Hall–Kier alpha value is -3.09. The summed E-state index contributed by atoms with van der Waals surface area (Å²) in [7, 11) is 1.58. The predicted molar refractivity (Wildman–Crippen MR) is 108 cm³/mol. The van der Waals surface area contributed by atoms with Gasteiger partial charge in [-0.15, -0.1) is 0 Å². The van der Waals surface area contributed by atoms with Crippen LogP contribution in [-0.2, 0) is 19.7 Å². The number of ether oxygens (including phenoxy) is 2. The second kappa shape index (κ2) is 11.2. The lowest BCUT2D eigenvalue weighted by Crippen LogP contribution is -3.00. The highest BCUT2D eigenvalue weighted by Crippen LogP contribution is 2.29. The number of carboxylic acid groups (broad SMARTS) is 1. The second-order valence-electron chi connectivity index (χ2n) is 6.51. The lowest BCUT2D eigenvalue weighted by Gasteiger charge is -2.13. The quantitative estimate of drug-likeness (QED) is 0.537. The largest absolute Gasteiger partial charge is 1.00 e. The Balaban J connectivity index is 0.00000320. The molecule has 0 heterocycles. The molecule has 0 aliphatic rings. The first-order valence-corrected chi connectivity index (χ1v) is 9.12. The van der Waals surface area contributed by atoms with Gasteiger partial charge in [-0.1, -0.05) is 30.3 Å². The molecule has 0 saturated heterocycles. The Morgan fingerprint density at radius 3 is 2.13 bits per heavy atom. The summed E-state index contributed by atoms with van der Waals surface area (Å²) in [5, 5.41) is 12.3. The van der Waals surface area contributed by atoms with E-state index in [2.05, 4.69) is 5.32 Å². The summed E-state index contributed by atoms with van der Waals surface area (Å²) in [4.78, 5) is 10.9. The molecule has 3 aromatic rings. The van der Waals surface area contributed by atoms with Crippen molar-refractivity contribution in [2.45, 2.75) is 19.7 Å². The summed E-state index contributed by atoms with van der Waals surface area (Å²) in [5.41, 5.74) is 3.17. The number of methoxy groups -OCH3 is 1. The third-order valence-electron chi connectivity index (χ3n) is 4.39. The van der Waals surface area contributed by atoms with E-state index in [4.69, 9.17) is 14.6 Å². The fourth-order valence-electron chi connectivity index (χ4n) is 2.80. The Morgan fingerprint density at radius 2 is 1.50 bits per heavy atom. The Bertz CT molecular complexity index is 962. The van der Waals surface area contributed by atoms with E-state index in [1.165, 1.54) is 12.1 Å². The van der Waals surface area contributed by atoms with Gasteiger partial charge in [0.2, 0.25) is 0 Å². The van der Waals surface area contributed by atoms with Gasteiger partial charge < -0.3 is 32.3 Å². The van der Waals surface area contributed by atoms with Crippen LogP contribution in [0.25, 0.3) is 0 Å². The van der Waals surface area contributed by atoms with Crippen molar-refractivity contribution in [1.82, 2.24) is 5.32 Å². The molecule has 3 aromatic carbocycles. The zero-order valence-corrected chi connectivity index (χ0v) is 17.2. The summed E-state index contributed by atoms with van der Waals surface area (Å²) in [6, 6.07) is 18.6. The monoisotopic (exact) mass is 430 g/mol. The van der Waals surface area contributed by atoms with Crippen LogP contribution >= 0.6 is 0 Å². The summed E-state index contributed by atoms with van der Waals surface area (Å²) >= 11 is 0. The van der Waals surface area contributed by atoms with Crippen LogP contribution in [0.15, 0.2) is 66.7 Å². The van der Waals surface area contributed by atoms with Gasteiger partial charge in [0.1, 0.15) is 12.4 Å². The van der Waals surface area contributed by atoms with Crippen LogP contribution < -0.4 is 27.2 Å². The molecule has 158 valence electrons. The van der Waals surface area contributed by atoms with Crippen LogP contribution in [-0.4, -0.2) is 18.2 Å². The van der Waals surface area contributed by atoms with Crippen molar-refractivity contribution < 1.29 is 36.2 Å². The van der Waals surface area contributed by atoms with E-state index in [1.54, 1.807) is 43.5 Å². The van der Waals surface area contributed by atoms with Crippen molar-refractivity contribution in [2.24, 2.45) is 0 Å². The number of hydrogen-bond acceptors (Lipinski definition) is 4. The van der Waals surface area contributed by atoms with Crippen molar-refractivity contribution in [3.63, 3.8) is 0 Å². The van der Waals surface area contributed by atoms with Crippen LogP contribution in [0.5, 0.6) is 11.5 Å². The first-order valence-electron chi connectivity index (χ1n) is 9.12. The molecular formula is C23H22ClFNO4-. The molecule has 0 fully saturated rings. The lowest BCUT2D eigenvalue weighted by molar-refractivity contribution is -0.0000225. The van der Waals surface area contributed by atoms with Gasteiger partial charge in [-0.05, 0) is 53.1 Å². The average molecular weight is 431 g/mol. The number of benzene rings is 3. The van der Waals surface area contributed by atoms with Crippen LogP contribution in [0.2, 0.25) is 0 Å². The number of hydrogen-bond donors (Lipinski definition) is 2. The van der Waals surface area contributed by atoms with Gasteiger partial charge in [0.05, 0.1) is 12.7 Å². The van der Waals surface area contributed by atoms with Crippen molar-refractivity contribution >= 4 is 5.97 Å². The molecular weight excluding hydrogens is 409 g/mol. The molecule has 5 nitrogen and oxygen atoms in total. The smallest absolute Gasteiger partial charge is 0.335 e. The molecule has 0 amide bonds. The summed E-state index contributed by atoms with van der Waals surface area (Å²) in [6.45, 7) is 1.56. The van der Waals surface area contributed by atoms with Gasteiger partial charge in [-0.2, -0.15) is 0 Å². The number of carbonyl (C=O) groups is 1. The zero-order valence-electron chi connectivity index (χ0n) is 16.4. The average Bonchev–Trinajstić information content (AvgIpc) is 2.74. The molecule has 2 N–H and O–H groups in total. The molecule has 0 saturated carbocycles. The number of aromatic carboxylic acids is 1. The van der Waals surface area contributed by atoms with E-state index in [0.717, 1.165) is 16.7 Å². The fraction of sp³-hybridized carbons (Fsp3) is 0.174. The number of halogens is 2. The van der Waals surface area contributed by atoms with E-state index < -0.39 is 5.97 Å². The van der Waals surface area contributed by atoms with E-state index in [-0.39, 0.29) is 23.8 Å². The van der Waals surface area contributed by atoms with Gasteiger partial charge >= 0.3 is 5.97 Å². The molecule has 30 heavy (non-hydrogen) atoms. The highest BCUT2D eigenvalue weighted by molar-refractivity contribution is 5.87. The van der Waals surface area contributed by atoms with Crippen molar-refractivity contribution in [3.8, 4) is 11.5 Å². The molecule has 0 spiro atoms. The first-order chi connectivity index (χ1) is 14.0. The summed E-state index contributed by atoms with van der Waals surface area (Å²) in [6.07, 6.45) is 0. The molecule has 0 aromatic heterocycles. The Labute approximate surface area is 180 Å². The van der Waals surface area contributed by atoms with E-state index in [1.807, 2.05) is 18.2 Å². The van der Waals surface area contributed by atoms with Crippen LogP contribution in [0.3, 0.4) is 0 Å². The van der Waals surface area contributed by atoms with Gasteiger partial charge in [0.25, 0.3) is 0 Å². The normalized spacial score (nSPS) is 10.2. The Kier molecular flexibility index (Phi) is 8.65. The predicted octanol–water partition coefficient (Wildman–Crippen LogP) is 1.41. The standard InChI is InChI=1S/C23H22FNO4.ClH/c1-28-22-12-18(14-25-13-16-2-7-19(8-3-16)23(26)27)6-11-21(22)29-15-17-4-9-20(24)10-5-17;/h2-12,25H,13-15H2,1H3,(H,26,27);1H/p-1. The van der Waals surface area contributed by atoms with Crippen molar-refractivity contribution in [2.75, 3.05) is 7.11 Å². The maximum absolute atomic E-state index is 13.0. The molecule has 0 unspecified atom stereocenters. The third-order valence-corrected chi connectivity index (χ3v) is 4.39. The van der Waals surface area contributed by atoms with Gasteiger partial charge in [-0.3, -0.25) is 0 Å². The lowest BCUT2D eigenvalue weighted by atomic mass is 10.1. The van der Waals surface area contributed by atoms with Crippen molar-refractivity contribution in [3.05, 3.63) is 94.8 Å². The van der Waals surface area contributed by atoms with E-state index in [0.29, 0.717) is 31.2 Å².